The second kappa shape index (κ2) is 5.86. The summed E-state index contributed by atoms with van der Waals surface area (Å²) < 4.78 is 6.78. The molecule has 0 aliphatic carbocycles. The SMILES string of the molecule is CNC(=O)COC(=O)c1ccc(-n2cccc2)cc1. The maximum Gasteiger partial charge on any atom is 0.338 e. The van der Waals surface area contributed by atoms with Crippen molar-refractivity contribution in [3.8, 4) is 5.69 Å². The molecule has 0 spiro atoms. The number of nitrogens with zero attached hydrogens (tertiary/aromatic N) is 1. The molecule has 5 heteroatoms. The van der Waals surface area contributed by atoms with Gasteiger partial charge in [0.2, 0.25) is 0 Å². The third kappa shape index (κ3) is 3.22. The minimum atomic E-state index is -0.511. The van der Waals surface area contributed by atoms with Crippen LogP contribution in [0.15, 0.2) is 48.8 Å². The second-order valence-electron chi connectivity index (χ2n) is 3.89. The first-order valence-electron chi connectivity index (χ1n) is 5.82. The van der Waals surface area contributed by atoms with Crippen LogP contribution in [-0.4, -0.2) is 30.1 Å². The zero-order chi connectivity index (χ0) is 13.7. The monoisotopic (exact) mass is 258 g/mol. The van der Waals surface area contributed by atoms with Gasteiger partial charge >= 0.3 is 5.97 Å². The molecule has 98 valence electrons. The Morgan fingerprint density at radius 1 is 1.16 bits per heavy atom. The zero-order valence-corrected chi connectivity index (χ0v) is 10.5. The Morgan fingerprint density at radius 2 is 1.79 bits per heavy atom. The molecule has 19 heavy (non-hydrogen) atoms. The summed E-state index contributed by atoms with van der Waals surface area (Å²) >= 11 is 0. The van der Waals surface area contributed by atoms with E-state index >= 15 is 0 Å². The number of likely N-dealkylation sites (N-methyl/N-ethyl adjacent to an activating group) is 1. The smallest absolute Gasteiger partial charge is 0.338 e. The lowest BCUT2D eigenvalue weighted by atomic mass is 10.2. The van der Waals surface area contributed by atoms with E-state index in [1.54, 1.807) is 12.1 Å². The number of amides is 1. The van der Waals surface area contributed by atoms with Gasteiger partial charge in [-0.25, -0.2) is 4.79 Å². The third-order valence-corrected chi connectivity index (χ3v) is 2.62. The van der Waals surface area contributed by atoms with Crippen molar-refractivity contribution in [2.24, 2.45) is 0 Å². The molecule has 2 rings (SSSR count). The fraction of sp³-hybridized carbons (Fsp3) is 0.143. The Morgan fingerprint density at radius 3 is 2.37 bits per heavy atom. The summed E-state index contributed by atoms with van der Waals surface area (Å²) in [7, 11) is 1.49. The molecule has 5 nitrogen and oxygen atoms in total. The Bertz CT molecular complexity index is 559. The molecule has 1 N–H and O–H groups in total. The Kier molecular flexibility index (Phi) is 3.97. The molecular weight excluding hydrogens is 244 g/mol. The zero-order valence-electron chi connectivity index (χ0n) is 10.5. The van der Waals surface area contributed by atoms with Gasteiger partial charge in [0.25, 0.3) is 5.91 Å². The Balaban J connectivity index is 2.02. The van der Waals surface area contributed by atoms with Crippen molar-refractivity contribution in [1.82, 2.24) is 9.88 Å². The van der Waals surface area contributed by atoms with Gasteiger partial charge < -0.3 is 14.6 Å². The molecule has 0 aliphatic rings. The van der Waals surface area contributed by atoms with Gasteiger partial charge in [0.1, 0.15) is 0 Å². The molecular formula is C14H14N2O3. The number of aromatic nitrogens is 1. The van der Waals surface area contributed by atoms with E-state index in [0.29, 0.717) is 5.56 Å². The number of hydrogen-bond donors (Lipinski definition) is 1. The van der Waals surface area contributed by atoms with E-state index in [1.165, 1.54) is 7.05 Å². The number of carbonyl (C=O) groups excluding carboxylic acids is 2. The summed E-state index contributed by atoms with van der Waals surface area (Å²) in [5, 5.41) is 2.38. The average molecular weight is 258 g/mol. The highest BCUT2D eigenvalue weighted by molar-refractivity contribution is 5.91. The van der Waals surface area contributed by atoms with Gasteiger partial charge in [-0.15, -0.1) is 0 Å². The van der Waals surface area contributed by atoms with Crippen molar-refractivity contribution in [3.63, 3.8) is 0 Å². The normalized spacial score (nSPS) is 9.95. The molecule has 2 aromatic rings. The molecule has 1 aromatic carbocycles. The van der Waals surface area contributed by atoms with E-state index in [-0.39, 0.29) is 12.5 Å². The molecule has 0 unspecified atom stereocenters. The number of ether oxygens (including phenoxy) is 1. The van der Waals surface area contributed by atoms with Gasteiger partial charge in [0.15, 0.2) is 6.61 Å². The third-order valence-electron chi connectivity index (χ3n) is 2.62. The van der Waals surface area contributed by atoms with Gasteiger partial charge in [-0.05, 0) is 36.4 Å². The van der Waals surface area contributed by atoms with Crippen LogP contribution in [0.2, 0.25) is 0 Å². The summed E-state index contributed by atoms with van der Waals surface area (Å²) in [6.07, 6.45) is 3.83. The van der Waals surface area contributed by atoms with E-state index in [9.17, 15) is 9.59 Å². The number of nitrogens with one attached hydrogen (secondary N) is 1. The van der Waals surface area contributed by atoms with Crippen LogP contribution in [0.3, 0.4) is 0 Å². The van der Waals surface area contributed by atoms with Crippen LogP contribution in [0.5, 0.6) is 0 Å². The van der Waals surface area contributed by atoms with Gasteiger partial charge in [-0.3, -0.25) is 4.79 Å². The minimum Gasteiger partial charge on any atom is -0.452 e. The van der Waals surface area contributed by atoms with Crippen molar-refractivity contribution >= 4 is 11.9 Å². The van der Waals surface area contributed by atoms with E-state index in [4.69, 9.17) is 4.74 Å². The molecule has 1 heterocycles. The van der Waals surface area contributed by atoms with E-state index in [2.05, 4.69) is 5.32 Å². The summed E-state index contributed by atoms with van der Waals surface area (Å²) in [6, 6.07) is 10.8. The Hall–Kier alpha value is -2.56. The van der Waals surface area contributed by atoms with Crippen molar-refractivity contribution in [2.45, 2.75) is 0 Å². The fourth-order valence-electron chi connectivity index (χ4n) is 1.56. The lowest BCUT2D eigenvalue weighted by Crippen LogP contribution is -2.25. The van der Waals surface area contributed by atoms with Gasteiger partial charge in [0.05, 0.1) is 5.56 Å². The first-order chi connectivity index (χ1) is 9.20. The molecule has 1 amide bonds. The van der Waals surface area contributed by atoms with Crippen LogP contribution in [0.1, 0.15) is 10.4 Å². The highest BCUT2D eigenvalue weighted by Gasteiger charge is 2.09. The van der Waals surface area contributed by atoms with Crippen LogP contribution in [0.25, 0.3) is 5.69 Å². The van der Waals surface area contributed by atoms with Crippen LogP contribution in [-0.2, 0) is 9.53 Å². The topological polar surface area (TPSA) is 60.3 Å². The first-order valence-corrected chi connectivity index (χ1v) is 5.82. The van der Waals surface area contributed by atoms with Gasteiger partial charge in [0, 0.05) is 25.1 Å². The fourth-order valence-corrected chi connectivity index (χ4v) is 1.56. The van der Waals surface area contributed by atoms with E-state index in [1.807, 2.05) is 41.2 Å². The molecule has 0 aliphatic heterocycles. The van der Waals surface area contributed by atoms with Crippen LogP contribution >= 0.6 is 0 Å². The maximum absolute atomic E-state index is 11.7. The predicted octanol–water partition coefficient (Wildman–Crippen LogP) is 1.38. The first kappa shape index (κ1) is 12.9. The molecule has 0 saturated heterocycles. The number of carbonyl (C=O) groups is 2. The Labute approximate surface area is 110 Å². The lowest BCUT2D eigenvalue weighted by Gasteiger charge is -2.06. The summed E-state index contributed by atoms with van der Waals surface area (Å²) in [5.74, 6) is -0.847. The molecule has 0 radical (unpaired) electrons. The largest absolute Gasteiger partial charge is 0.452 e. The molecule has 0 saturated carbocycles. The summed E-state index contributed by atoms with van der Waals surface area (Å²) in [5.41, 5.74) is 1.37. The molecule has 0 bridgehead atoms. The van der Waals surface area contributed by atoms with E-state index in [0.717, 1.165) is 5.69 Å². The average Bonchev–Trinajstić information content (AvgIpc) is 2.98. The van der Waals surface area contributed by atoms with Crippen molar-refractivity contribution < 1.29 is 14.3 Å². The van der Waals surface area contributed by atoms with Gasteiger partial charge in [-0.2, -0.15) is 0 Å². The van der Waals surface area contributed by atoms with Crippen molar-refractivity contribution in [1.29, 1.82) is 0 Å². The highest BCUT2D eigenvalue weighted by atomic mass is 16.5. The van der Waals surface area contributed by atoms with Crippen LogP contribution in [0.4, 0.5) is 0 Å². The summed E-state index contributed by atoms with van der Waals surface area (Å²) in [4.78, 5) is 22.6. The predicted molar refractivity (Wildman–Crippen MR) is 70.1 cm³/mol. The maximum atomic E-state index is 11.7. The molecule has 1 aromatic heterocycles. The molecule has 0 atom stereocenters. The van der Waals surface area contributed by atoms with Crippen molar-refractivity contribution in [2.75, 3.05) is 13.7 Å². The summed E-state index contributed by atoms with van der Waals surface area (Å²) in [6.45, 7) is -0.269. The minimum absolute atomic E-state index is 0.269. The molecule has 0 fully saturated rings. The number of benzene rings is 1. The highest BCUT2D eigenvalue weighted by Crippen LogP contribution is 2.10. The number of hydrogen-bond acceptors (Lipinski definition) is 3. The van der Waals surface area contributed by atoms with Crippen LogP contribution < -0.4 is 5.32 Å². The lowest BCUT2D eigenvalue weighted by molar-refractivity contribution is -0.123. The van der Waals surface area contributed by atoms with Crippen LogP contribution in [0, 0.1) is 0 Å². The number of rotatable bonds is 4. The van der Waals surface area contributed by atoms with E-state index < -0.39 is 5.97 Å². The second-order valence-corrected chi connectivity index (χ2v) is 3.89. The van der Waals surface area contributed by atoms with Crippen molar-refractivity contribution in [3.05, 3.63) is 54.4 Å². The van der Waals surface area contributed by atoms with Gasteiger partial charge in [-0.1, -0.05) is 0 Å². The quantitative estimate of drug-likeness (QED) is 0.843. The number of esters is 1. The standard InChI is InChI=1S/C14H14N2O3/c1-15-13(17)10-19-14(18)11-4-6-12(7-5-11)16-8-2-3-9-16/h2-9H,10H2,1H3,(H,15,17).